The quantitative estimate of drug-likeness (QED) is 0.0616. The zero-order valence-electron chi connectivity index (χ0n) is 45.1. The van der Waals surface area contributed by atoms with Gasteiger partial charge in [0.15, 0.2) is 0 Å². The van der Waals surface area contributed by atoms with Gasteiger partial charge in [-0.15, -0.1) is 0 Å². The average molecular weight is 1120 g/mol. The lowest BCUT2D eigenvalue weighted by atomic mass is 10.1. The number of phenols is 7. The molecule has 78 heavy (non-hydrogen) atoms. The molecular formula is C60H68Cl3N7O8. The smallest absolute Gasteiger partial charge is 0.127 e. The van der Waals surface area contributed by atoms with Crippen molar-refractivity contribution in [2.45, 2.75) is 55.4 Å². The number of methoxy groups -OCH3 is 1. The van der Waals surface area contributed by atoms with Crippen molar-refractivity contribution in [3.05, 3.63) is 199 Å². The minimum Gasteiger partial charge on any atom is -0.507 e. The minimum absolute atomic E-state index is 0.0556. The number of para-hydroxylation sites is 3. The van der Waals surface area contributed by atoms with Gasteiger partial charge < -0.3 is 67.5 Å². The van der Waals surface area contributed by atoms with Crippen molar-refractivity contribution in [2.24, 2.45) is 9.98 Å². The summed E-state index contributed by atoms with van der Waals surface area (Å²) in [6.45, 7) is 14.6. The summed E-state index contributed by atoms with van der Waals surface area (Å²) in [5, 5.41) is 102. The molecule has 0 aliphatic heterocycles. The topological polar surface area (TPSA) is 295 Å². The number of phenolic OH excluding ortho intramolecular Hbond substituents is 7. The Hall–Kier alpha value is -8.50. The molecule has 412 valence electrons. The van der Waals surface area contributed by atoms with Crippen molar-refractivity contribution in [3.63, 3.8) is 0 Å². The molecule has 7 aromatic rings. The highest BCUT2D eigenvalue weighted by Crippen LogP contribution is 2.30. The van der Waals surface area contributed by atoms with Crippen LogP contribution < -0.4 is 4.74 Å². The number of aliphatic imine (C=N–C) groups is 2. The first-order valence-corrected chi connectivity index (χ1v) is 24.7. The SMILES string of the molecule is CC(=N)c1c(O)cc(Cl)cc1Cl.CC(=N)c1cc(C)ccc1O.CC(=N)c1cc(Cl)ccc1O.CC(=N)c1ccccc1O.CCN=Cc1ccccc1O.CN=C(C)c1ccccc1O.COc1ccc(O)c(C(C)=N)c1. The van der Waals surface area contributed by atoms with Crippen molar-refractivity contribution in [1.82, 2.24) is 0 Å². The van der Waals surface area contributed by atoms with E-state index in [2.05, 4.69) is 9.98 Å². The second-order valence-electron chi connectivity index (χ2n) is 16.5. The summed E-state index contributed by atoms with van der Waals surface area (Å²) in [5.74, 6) is 1.73. The van der Waals surface area contributed by atoms with E-state index < -0.39 is 0 Å². The summed E-state index contributed by atoms with van der Waals surface area (Å²) in [6.07, 6.45) is 1.68. The van der Waals surface area contributed by atoms with Crippen LogP contribution in [0.2, 0.25) is 15.1 Å². The van der Waals surface area contributed by atoms with E-state index in [1.165, 1.54) is 24.3 Å². The number of nitrogens with one attached hydrogen (secondary N) is 5. The minimum atomic E-state index is -0.0556. The second-order valence-corrected chi connectivity index (χ2v) is 17.8. The molecule has 0 aliphatic carbocycles. The summed E-state index contributed by atoms with van der Waals surface area (Å²) in [7, 11) is 3.26. The summed E-state index contributed by atoms with van der Waals surface area (Å²) < 4.78 is 4.95. The molecule has 0 unspecified atom stereocenters. The first-order valence-electron chi connectivity index (χ1n) is 23.6. The normalized spacial score (nSPS) is 10.0. The number of ether oxygens (including phenoxy) is 1. The number of halogens is 3. The molecule has 0 saturated carbocycles. The van der Waals surface area contributed by atoms with Gasteiger partial charge in [0.05, 0.1) is 17.7 Å². The Bertz CT molecular complexity index is 3130. The molecule has 0 aliphatic rings. The molecular weight excluding hydrogens is 1050 g/mol. The van der Waals surface area contributed by atoms with E-state index >= 15 is 0 Å². The monoisotopic (exact) mass is 1120 g/mol. The second kappa shape index (κ2) is 34.9. The molecule has 0 atom stereocenters. The molecule has 12 N–H and O–H groups in total. The van der Waals surface area contributed by atoms with Gasteiger partial charge in [0.25, 0.3) is 0 Å². The Morgan fingerprint density at radius 2 is 0.910 bits per heavy atom. The zero-order valence-corrected chi connectivity index (χ0v) is 47.4. The van der Waals surface area contributed by atoms with Gasteiger partial charge in [-0.2, -0.15) is 0 Å². The van der Waals surface area contributed by atoms with Crippen LogP contribution in [0.15, 0.2) is 150 Å². The Morgan fingerprint density at radius 3 is 1.32 bits per heavy atom. The Labute approximate surface area is 471 Å². The van der Waals surface area contributed by atoms with Gasteiger partial charge in [0.2, 0.25) is 0 Å². The fraction of sp³-hybridized carbons (Fsp3) is 0.183. The lowest BCUT2D eigenvalue weighted by molar-refractivity contribution is 0.412. The predicted octanol–water partition coefficient (Wildman–Crippen LogP) is 14.8. The van der Waals surface area contributed by atoms with Gasteiger partial charge in [-0.05, 0) is 152 Å². The molecule has 15 nitrogen and oxygen atoms in total. The fourth-order valence-electron chi connectivity index (χ4n) is 6.11. The van der Waals surface area contributed by atoms with Crippen LogP contribution in [0.1, 0.15) is 93.0 Å². The Balaban J connectivity index is 0.000000455. The summed E-state index contributed by atoms with van der Waals surface area (Å²) in [6, 6.07) is 38.7. The Morgan fingerprint density at radius 1 is 0.474 bits per heavy atom. The number of nitrogens with zero attached hydrogens (tertiary/aromatic N) is 2. The zero-order chi connectivity index (χ0) is 59.2. The molecule has 0 spiro atoms. The first-order chi connectivity index (χ1) is 36.7. The molecule has 7 aromatic carbocycles. The van der Waals surface area contributed by atoms with Crippen molar-refractivity contribution in [3.8, 4) is 46.0 Å². The molecule has 0 bridgehead atoms. The predicted molar refractivity (Wildman–Crippen MR) is 322 cm³/mol. The number of hydrogen-bond donors (Lipinski definition) is 12. The third kappa shape index (κ3) is 24.0. The van der Waals surface area contributed by atoms with Crippen LogP contribution in [0.25, 0.3) is 0 Å². The highest BCUT2D eigenvalue weighted by atomic mass is 35.5. The van der Waals surface area contributed by atoms with Crippen LogP contribution >= 0.6 is 34.8 Å². The third-order valence-electron chi connectivity index (χ3n) is 10.2. The lowest BCUT2D eigenvalue weighted by Crippen LogP contribution is -1.93. The highest BCUT2D eigenvalue weighted by molar-refractivity contribution is 6.37. The van der Waals surface area contributed by atoms with Crippen LogP contribution in [-0.4, -0.2) is 96.9 Å². The number of hydrogen-bond acceptors (Lipinski definition) is 15. The first kappa shape index (κ1) is 67.5. The van der Waals surface area contributed by atoms with Gasteiger partial charge in [0.1, 0.15) is 46.0 Å². The van der Waals surface area contributed by atoms with E-state index in [1.807, 2.05) is 51.1 Å². The van der Waals surface area contributed by atoms with Gasteiger partial charge in [0, 0.05) is 97.5 Å². The van der Waals surface area contributed by atoms with Crippen LogP contribution in [-0.2, 0) is 0 Å². The van der Waals surface area contributed by atoms with Crippen LogP contribution in [0.4, 0.5) is 0 Å². The highest BCUT2D eigenvalue weighted by Gasteiger charge is 2.10. The number of aromatic hydroxyl groups is 7. The molecule has 0 aromatic heterocycles. The molecule has 7 rings (SSSR count). The summed E-state index contributed by atoms with van der Waals surface area (Å²) in [5.41, 5.74) is 7.66. The standard InChI is InChI=1S/C9H11NO2.3C9H11NO.C8H7Cl2NO.C8H8ClNO.C8H9NO/c1-6(10)8-5-7(12-2)3-4-9(8)11;1-6-3-4-9(11)8(5-6)7(2)10;1-7(10-2)8-5-3-4-6-9(8)11;1-2-10-7-8-5-3-4-6-9(8)11;1-4(11)8-6(10)2-5(9)3-7(8)12;1-5(10)7-4-6(9)2-3-8(7)11;1-6(9)7-4-2-3-5-8(7)10/h3-5,10-11H,1-2H3;3-5,10-11H,1-2H3;3-6,11H,1-2H3;3-7,11H,2H2,1H3;2-3,11-12H,1H3;2-4,10-11H,1H3;2-5,9-10H,1H3. The maximum Gasteiger partial charge on any atom is 0.127 e. The summed E-state index contributed by atoms with van der Waals surface area (Å²) >= 11 is 17.0. The lowest BCUT2D eigenvalue weighted by Gasteiger charge is -2.04. The average Bonchev–Trinajstić information content (AvgIpc) is 3.38. The maximum atomic E-state index is 9.33. The molecule has 0 fully saturated rings. The van der Waals surface area contributed by atoms with Crippen LogP contribution in [0.3, 0.4) is 0 Å². The van der Waals surface area contributed by atoms with E-state index in [-0.39, 0.29) is 46.0 Å². The van der Waals surface area contributed by atoms with E-state index in [9.17, 15) is 30.6 Å². The van der Waals surface area contributed by atoms with Crippen molar-refractivity contribution >= 4 is 75.3 Å². The molecule has 0 amide bonds. The molecule has 0 radical (unpaired) electrons. The number of rotatable bonds is 9. The number of aryl methyl sites for hydroxylation is 1. The Kier molecular flexibility index (Phi) is 30.3. The van der Waals surface area contributed by atoms with Gasteiger partial charge in [-0.1, -0.05) is 82.8 Å². The molecule has 0 heterocycles. The van der Waals surface area contributed by atoms with E-state index in [1.54, 1.807) is 140 Å². The summed E-state index contributed by atoms with van der Waals surface area (Å²) in [4.78, 5) is 7.99. The van der Waals surface area contributed by atoms with Gasteiger partial charge >= 0.3 is 0 Å². The van der Waals surface area contributed by atoms with E-state index in [0.717, 1.165) is 28.9 Å². The van der Waals surface area contributed by atoms with Crippen molar-refractivity contribution in [2.75, 3.05) is 20.7 Å². The molecule has 0 saturated heterocycles. The van der Waals surface area contributed by atoms with Crippen LogP contribution in [0, 0.1) is 34.0 Å². The molecule has 18 heteroatoms. The van der Waals surface area contributed by atoms with Crippen LogP contribution in [0.5, 0.6) is 46.0 Å². The van der Waals surface area contributed by atoms with Crippen molar-refractivity contribution in [1.29, 1.82) is 27.0 Å². The largest absolute Gasteiger partial charge is 0.507 e. The number of benzene rings is 7. The van der Waals surface area contributed by atoms with E-state index in [0.29, 0.717) is 71.5 Å². The fourth-order valence-corrected chi connectivity index (χ4v) is 6.91. The third-order valence-corrected chi connectivity index (χ3v) is 11.0. The van der Waals surface area contributed by atoms with Crippen molar-refractivity contribution < 1.29 is 40.5 Å². The van der Waals surface area contributed by atoms with Gasteiger partial charge in [-0.3, -0.25) is 9.98 Å². The van der Waals surface area contributed by atoms with Gasteiger partial charge in [-0.25, -0.2) is 0 Å². The van der Waals surface area contributed by atoms with E-state index in [4.69, 9.17) is 71.7 Å². The maximum absolute atomic E-state index is 9.33.